The molecule has 0 aliphatic rings. The first-order valence-electron chi connectivity index (χ1n) is 2.99. The number of carboxylic acid groups (broad SMARTS) is 1. The molecule has 0 aliphatic heterocycles. The van der Waals surface area contributed by atoms with E-state index in [0.29, 0.717) is 0 Å². The fourth-order valence-electron chi connectivity index (χ4n) is 0.500. The number of hydrogen-bond acceptors (Lipinski definition) is 3. The van der Waals surface area contributed by atoms with E-state index < -0.39 is 5.97 Å². The van der Waals surface area contributed by atoms with Gasteiger partial charge in [0.15, 0.2) is 0 Å². The van der Waals surface area contributed by atoms with Gasteiger partial charge in [-0.05, 0) is 5.92 Å². The van der Waals surface area contributed by atoms with E-state index in [1.54, 1.807) is 6.92 Å². The number of carboxylic acids is 1. The second-order valence-corrected chi connectivity index (χ2v) is 2.28. The predicted molar refractivity (Wildman–Crippen MR) is 36.2 cm³/mol. The van der Waals surface area contributed by atoms with Crippen molar-refractivity contribution < 1.29 is 15.0 Å². The first-order chi connectivity index (χ1) is 4.57. The van der Waals surface area contributed by atoms with E-state index in [9.17, 15) is 4.79 Å². The van der Waals surface area contributed by atoms with Crippen molar-refractivity contribution in [3.8, 4) is 0 Å². The molecule has 0 aromatic rings. The number of aliphatic hydroxyl groups excluding tert-OH is 1. The second kappa shape index (κ2) is 4.00. The number of rotatable bonds is 4. The molecule has 1 atom stereocenters. The van der Waals surface area contributed by atoms with Crippen molar-refractivity contribution >= 4 is 11.7 Å². The van der Waals surface area contributed by atoms with Crippen molar-refractivity contribution in [2.24, 2.45) is 5.92 Å². The summed E-state index contributed by atoms with van der Waals surface area (Å²) in [6.45, 7) is 1.62. The van der Waals surface area contributed by atoms with Gasteiger partial charge in [0, 0.05) is 13.0 Å². The van der Waals surface area contributed by atoms with Crippen LogP contribution in [-0.4, -0.2) is 28.5 Å². The summed E-state index contributed by atoms with van der Waals surface area (Å²) >= 11 is 0. The topological polar surface area (TPSA) is 81.4 Å². The van der Waals surface area contributed by atoms with Gasteiger partial charge < -0.3 is 10.2 Å². The third-order valence-electron chi connectivity index (χ3n) is 1.12. The van der Waals surface area contributed by atoms with Gasteiger partial charge in [-0.3, -0.25) is 5.41 Å². The predicted octanol–water partition coefficient (Wildman–Crippen LogP) is 0.109. The van der Waals surface area contributed by atoms with E-state index in [0.717, 1.165) is 0 Å². The molecular formula is C6H11NO3. The number of hydrogen-bond donors (Lipinski definition) is 3. The monoisotopic (exact) mass is 145 g/mol. The van der Waals surface area contributed by atoms with Crippen molar-refractivity contribution in [2.75, 3.05) is 6.61 Å². The summed E-state index contributed by atoms with van der Waals surface area (Å²) in [4.78, 5) is 10.0. The molecule has 0 spiro atoms. The van der Waals surface area contributed by atoms with Crippen LogP contribution in [0.1, 0.15) is 13.3 Å². The Hall–Kier alpha value is -0.900. The summed E-state index contributed by atoms with van der Waals surface area (Å²) in [6.07, 6.45) is 0.131. The average molecular weight is 145 g/mol. The van der Waals surface area contributed by atoms with Crippen LogP contribution in [-0.2, 0) is 4.79 Å². The maximum absolute atomic E-state index is 10.0. The lowest BCUT2D eigenvalue weighted by Crippen LogP contribution is -2.16. The highest BCUT2D eigenvalue weighted by atomic mass is 16.4. The van der Waals surface area contributed by atoms with Crippen LogP contribution in [0.15, 0.2) is 0 Å². The van der Waals surface area contributed by atoms with E-state index in [2.05, 4.69) is 0 Å². The van der Waals surface area contributed by atoms with Crippen LogP contribution in [0.5, 0.6) is 0 Å². The summed E-state index contributed by atoms with van der Waals surface area (Å²) in [6, 6.07) is 0. The molecule has 10 heavy (non-hydrogen) atoms. The van der Waals surface area contributed by atoms with Crippen LogP contribution in [0.4, 0.5) is 0 Å². The van der Waals surface area contributed by atoms with E-state index in [-0.39, 0.29) is 24.7 Å². The molecule has 3 N–H and O–H groups in total. The Labute approximate surface area is 59.0 Å². The highest BCUT2D eigenvalue weighted by Crippen LogP contribution is 2.00. The molecule has 0 unspecified atom stereocenters. The van der Waals surface area contributed by atoms with Crippen molar-refractivity contribution in [3.63, 3.8) is 0 Å². The SMILES string of the molecule is C[C@@H](CO)CC(=N)C(=O)O. The molecule has 4 heteroatoms. The third kappa shape index (κ3) is 3.19. The first kappa shape index (κ1) is 9.10. The van der Waals surface area contributed by atoms with Crippen molar-refractivity contribution in [3.05, 3.63) is 0 Å². The van der Waals surface area contributed by atoms with Gasteiger partial charge in [0.2, 0.25) is 0 Å². The number of carbonyl (C=O) groups is 1. The first-order valence-corrected chi connectivity index (χ1v) is 2.99. The van der Waals surface area contributed by atoms with Crippen LogP contribution in [0.25, 0.3) is 0 Å². The zero-order valence-corrected chi connectivity index (χ0v) is 5.79. The van der Waals surface area contributed by atoms with Crippen LogP contribution < -0.4 is 0 Å². The molecule has 0 amide bonds. The van der Waals surface area contributed by atoms with Gasteiger partial charge in [-0.15, -0.1) is 0 Å². The Kier molecular flexibility index (Phi) is 3.64. The molecular weight excluding hydrogens is 134 g/mol. The lowest BCUT2D eigenvalue weighted by Gasteiger charge is -2.04. The van der Waals surface area contributed by atoms with Gasteiger partial charge >= 0.3 is 5.97 Å². The molecule has 0 aromatic heterocycles. The van der Waals surface area contributed by atoms with Crippen LogP contribution in [0.2, 0.25) is 0 Å². The summed E-state index contributed by atoms with van der Waals surface area (Å²) in [5.74, 6) is -1.34. The Morgan fingerprint density at radius 1 is 1.70 bits per heavy atom. The summed E-state index contributed by atoms with van der Waals surface area (Å²) < 4.78 is 0. The minimum atomic E-state index is -1.21. The largest absolute Gasteiger partial charge is 0.477 e. The standard InChI is InChI=1S/C6H11NO3/c1-4(3-8)2-5(7)6(9)10/h4,7-8H,2-3H2,1H3,(H,9,10)/t4-/m1/s1. The Bertz CT molecular complexity index is 144. The number of nitrogens with one attached hydrogen (secondary N) is 1. The minimum Gasteiger partial charge on any atom is -0.477 e. The molecule has 0 saturated heterocycles. The molecule has 58 valence electrons. The second-order valence-electron chi connectivity index (χ2n) is 2.28. The molecule has 0 fully saturated rings. The smallest absolute Gasteiger partial charge is 0.349 e. The third-order valence-corrected chi connectivity index (χ3v) is 1.12. The summed E-state index contributed by atoms with van der Waals surface area (Å²) in [5.41, 5.74) is -0.346. The van der Waals surface area contributed by atoms with Gasteiger partial charge in [0.25, 0.3) is 0 Å². The summed E-state index contributed by atoms with van der Waals surface area (Å²) in [7, 11) is 0. The van der Waals surface area contributed by atoms with Gasteiger partial charge in [0.05, 0.1) is 0 Å². The Morgan fingerprint density at radius 2 is 2.20 bits per heavy atom. The number of aliphatic carboxylic acids is 1. The average Bonchev–Trinajstić information content (AvgIpc) is 1.87. The molecule has 0 rings (SSSR count). The van der Waals surface area contributed by atoms with Crippen molar-refractivity contribution in [1.29, 1.82) is 5.41 Å². The highest BCUT2D eigenvalue weighted by Gasteiger charge is 2.10. The quantitative estimate of drug-likeness (QED) is 0.491. The lowest BCUT2D eigenvalue weighted by molar-refractivity contribution is -0.129. The van der Waals surface area contributed by atoms with Crippen molar-refractivity contribution in [2.45, 2.75) is 13.3 Å². The van der Waals surface area contributed by atoms with Crippen LogP contribution in [0, 0.1) is 11.3 Å². The van der Waals surface area contributed by atoms with Crippen molar-refractivity contribution in [1.82, 2.24) is 0 Å². The van der Waals surface area contributed by atoms with Gasteiger partial charge in [-0.2, -0.15) is 0 Å². The highest BCUT2D eigenvalue weighted by molar-refractivity contribution is 6.34. The van der Waals surface area contributed by atoms with E-state index in [1.807, 2.05) is 0 Å². The van der Waals surface area contributed by atoms with E-state index in [4.69, 9.17) is 15.6 Å². The fourth-order valence-corrected chi connectivity index (χ4v) is 0.500. The molecule has 0 radical (unpaired) electrons. The maximum Gasteiger partial charge on any atom is 0.349 e. The maximum atomic E-state index is 10.0. The van der Waals surface area contributed by atoms with Crippen LogP contribution in [0.3, 0.4) is 0 Å². The van der Waals surface area contributed by atoms with Gasteiger partial charge in [-0.25, -0.2) is 4.79 Å². The van der Waals surface area contributed by atoms with E-state index in [1.165, 1.54) is 0 Å². The molecule has 0 saturated carbocycles. The van der Waals surface area contributed by atoms with Crippen LogP contribution >= 0.6 is 0 Å². The minimum absolute atomic E-state index is 0.0737. The summed E-state index contributed by atoms with van der Waals surface area (Å²) in [5, 5.41) is 23.6. The molecule has 0 heterocycles. The van der Waals surface area contributed by atoms with Gasteiger partial charge in [-0.1, -0.05) is 6.92 Å². The van der Waals surface area contributed by atoms with E-state index >= 15 is 0 Å². The molecule has 0 aromatic carbocycles. The molecule has 4 nitrogen and oxygen atoms in total. The fraction of sp³-hybridized carbons (Fsp3) is 0.667. The zero-order valence-electron chi connectivity index (χ0n) is 5.79. The molecule has 0 aliphatic carbocycles. The Morgan fingerprint density at radius 3 is 2.50 bits per heavy atom. The molecule has 0 bridgehead atoms. The van der Waals surface area contributed by atoms with Gasteiger partial charge in [0.1, 0.15) is 5.71 Å². The normalized spacial score (nSPS) is 12.6. The Balaban J connectivity index is 3.68. The number of aliphatic hydroxyl groups is 1. The lowest BCUT2D eigenvalue weighted by atomic mass is 10.1. The zero-order chi connectivity index (χ0) is 8.15.